The first-order valence-corrected chi connectivity index (χ1v) is 3.82. The number of hydrogen-bond acceptors (Lipinski definition) is 1. The second kappa shape index (κ2) is 4.54. The molecule has 0 radical (unpaired) electrons. The Kier molecular flexibility index (Phi) is 4.37. The zero-order chi connectivity index (χ0) is 7.28. The van der Waals surface area contributed by atoms with Crippen LogP contribution in [0.1, 0.15) is 40.5 Å². The second-order valence-corrected chi connectivity index (χ2v) is 2.25. The van der Waals surface area contributed by atoms with Crippen LogP contribution < -0.4 is 0 Å². The van der Waals surface area contributed by atoms with Crippen LogP contribution in [0.15, 0.2) is 4.99 Å². The molecule has 0 N–H and O–H groups in total. The van der Waals surface area contributed by atoms with E-state index in [0.29, 0.717) is 6.04 Å². The van der Waals surface area contributed by atoms with Crippen LogP contribution in [0.4, 0.5) is 0 Å². The van der Waals surface area contributed by atoms with E-state index in [1.54, 1.807) is 0 Å². The van der Waals surface area contributed by atoms with Crippen LogP contribution in [-0.4, -0.2) is 11.8 Å². The monoisotopic (exact) mass is 127 g/mol. The van der Waals surface area contributed by atoms with E-state index in [0.717, 1.165) is 0 Å². The van der Waals surface area contributed by atoms with E-state index in [1.165, 1.54) is 18.6 Å². The van der Waals surface area contributed by atoms with Crippen molar-refractivity contribution in [2.24, 2.45) is 4.99 Å². The lowest BCUT2D eigenvalue weighted by molar-refractivity contribution is 0.739. The van der Waals surface area contributed by atoms with Crippen molar-refractivity contribution in [3.8, 4) is 0 Å². The van der Waals surface area contributed by atoms with Crippen LogP contribution in [0, 0.1) is 0 Å². The molecule has 0 aromatic rings. The molecule has 54 valence electrons. The zero-order valence-electron chi connectivity index (χ0n) is 6.94. The molecule has 1 aliphatic rings. The van der Waals surface area contributed by atoms with E-state index in [-0.39, 0.29) is 0 Å². The predicted octanol–water partition coefficient (Wildman–Crippen LogP) is 2.66. The van der Waals surface area contributed by atoms with Crippen molar-refractivity contribution in [1.29, 1.82) is 0 Å². The van der Waals surface area contributed by atoms with Crippen molar-refractivity contribution in [3.63, 3.8) is 0 Å². The molecule has 0 spiro atoms. The van der Waals surface area contributed by atoms with Crippen molar-refractivity contribution in [2.75, 3.05) is 0 Å². The summed E-state index contributed by atoms with van der Waals surface area (Å²) in [7, 11) is 0. The Morgan fingerprint density at radius 1 is 1.44 bits per heavy atom. The SMILES string of the molecule is CC.CC1=NC(C)CC1. The molecule has 1 unspecified atom stereocenters. The molecule has 0 saturated carbocycles. The second-order valence-electron chi connectivity index (χ2n) is 2.25. The maximum Gasteiger partial charge on any atom is 0.0474 e. The molecule has 0 aromatic heterocycles. The van der Waals surface area contributed by atoms with Crippen LogP contribution in [0.2, 0.25) is 0 Å². The van der Waals surface area contributed by atoms with E-state index in [9.17, 15) is 0 Å². The Morgan fingerprint density at radius 2 is 2.00 bits per heavy atom. The molecular weight excluding hydrogens is 110 g/mol. The van der Waals surface area contributed by atoms with Gasteiger partial charge in [-0.3, -0.25) is 4.99 Å². The summed E-state index contributed by atoms with van der Waals surface area (Å²) >= 11 is 0. The van der Waals surface area contributed by atoms with Crippen molar-refractivity contribution >= 4 is 5.71 Å². The topological polar surface area (TPSA) is 12.4 Å². The molecular formula is C8H17N. The summed E-state index contributed by atoms with van der Waals surface area (Å²) in [5, 5.41) is 0. The number of rotatable bonds is 0. The van der Waals surface area contributed by atoms with E-state index in [2.05, 4.69) is 18.8 Å². The molecule has 0 saturated heterocycles. The van der Waals surface area contributed by atoms with Gasteiger partial charge >= 0.3 is 0 Å². The molecule has 0 amide bonds. The number of aliphatic imine (C=N–C) groups is 1. The zero-order valence-corrected chi connectivity index (χ0v) is 6.94. The van der Waals surface area contributed by atoms with Crippen molar-refractivity contribution in [2.45, 2.75) is 46.6 Å². The Labute approximate surface area is 58.2 Å². The summed E-state index contributed by atoms with van der Waals surface area (Å²) in [5.41, 5.74) is 1.33. The molecule has 1 nitrogen and oxygen atoms in total. The van der Waals surface area contributed by atoms with Crippen molar-refractivity contribution in [1.82, 2.24) is 0 Å². The van der Waals surface area contributed by atoms with Gasteiger partial charge in [-0.1, -0.05) is 13.8 Å². The first-order valence-electron chi connectivity index (χ1n) is 3.82. The van der Waals surface area contributed by atoms with Gasteiger partial charge in [0.1, 0.15) is 0 Å². The Morgan fingerprint density at radius 3 is 2.11 bits per heavy atom. The van der Waals surface area contributed by atoms with Gasteiger partial charge in [-0.2, -0.15) is 0 Å². The Bertz CT molecular complexity index is 94.7. The van der Waals surface area contributed by atoms with Gasteiger partial charge in [0.2, 0.25) is 0 Å². The highest BCUT2D eigenvalue weighted by atomic mass is 14.8. The molecule has 1 aliphatic heterocycles. The Hall–Kier alpha value is -0.330. The fourth-order valence-electron chi connectivity index (χ4n) is 0.923. The smallest absolute Gasteiger partial charge is 0.0474 e. The fraction of sp³-hybridized carbons (Fsp3) is 0.875. The molecule has 0 fully saturated rings. The maximum atomic E-state index is 4.31. The van der Waals surface area contributed by atoms with E-state index < -0.39 is 0 Å². The lowest BCUT2D eigenvalue weighted by Gasteiger charge is -1.88. The fourth-order valence-corrected chi connectivity index (χ4v) is 0.923. The maximum absolute atomic E-state index is 4.31. The summed E-state index contributed by atoms with van der Waals surface area (Å²) < 4.78 is 0. The lowest BCUT2D eigenvalue weighted by Crippen LogP contribution is -1.86. The van der Waals surface area contributed by atoms with Crippen LogP contribution in [-0.2, 0) is 0 Å². The van der Waals surface area contributed by atoms with Crippen LogP contribution in [0.25, 0.3) is 0 Å². The third kappa shape index (κ3) is 3.28. The predicted molar refractivity (Wildman–Crippen MR) is 43.2 cm³/mol. The average Bonchev–Trinajstić information content (AvgIpc) is 2.20. The summed E-state index contributed by atoms with van der Waals surface area (Å²) in [6.07, 6.45) is 2.49. The van der Waals surface area contributed by atoms with Gasteiger partial charge in [0.05, 0.1) is 0 Å². The minimum Gasteiger partial charge on any atom is -0.291 e. The average molecular weight is 127 g/mol. The van der Waals surface area contributed by atoms with Crippen LogP contribution in [0.5, 0.6) is 0 Å². The molecule has 0 aromatic carbocycles. The van der Waals surface area contributed by atoms with Crippen LogP contribution in [0.3, 0.4) is 0 Å². The van der Waals surface area contributed by atoms with Gasteiger partial charge in [-0.15, -0.1) is 0 Å². The third-order valence-electron chi connectivity index (χ3n) is 1.36. The molecule has 9 heavy (non-hydrogen) atoms. The molecule has 0 aliphatic carbocycles. The first kappa shape index (κ1) is 8.67. The molecule has 1 atom stereocenters. The lowest BCUT2D eigenvalue weighted by atomic mass is 10.2. The van der Waals surface area contributed by atoms with Gasteiger partial charge in [0.25, 0.3) is 0 Å². The first-order chi connectivity index (χ1) is 4.29. The minimum atomic E-state index is 0.611. The molecule has 1 heteroatoms. The quantitative estimate of drug-likeness (QED) is 0.474. The molecule has 1 rings (SSSR count). The third-order valence-corrected chi connectivity index (χ3v) is 1.36. The highest BCUT2D eigenvalue weighted by Gasteiger charge is 2.07. The summed E-state index contributed by atoms with van der Waals surface area (Å²) in [6, 6.07) is 0.611. The normalized spacial score (nSPS) is 24.4. The Balaban J connectivity index is 0.000000291. The van der Waals surface area contributed by atoms with Gasteiger partial charge in [-0.05, 0) is 26.7 Å². The van der Waals surface area contributed by atoms with E-state index >= 15 is 0 Å². The van der Waals surface area contributed by atoms with Crippen LogP contribution >= 0.6 is 0 Å². The van der Waals surface area contributed by atoms with E-state index in [4.69, 9.17) is 0 Å². The number of hydrogen-bond donors (Lipinski definition) is 0. The summed E-state index contributed by atoms with van der Waals surface area (Å²) in [6.45, 7) is 8.26. The molecule has 0 bridgehead atoms. The highest BCUT2D eigenvalue weighted by Crippen LogP contribution is 2.10. The van der Waals surface area contributed by atoms with Gasteiger partial charge in [-0.25, -0.2) is 0 Å². The number of nitrogens with zero attached hydrogens (tertiary/aromatic N) is 1. The standard InChI is InChI=1S/C6H11N.C2H6/c1-5-3-4-6(2)7-5;1-2/h5H,3-4H2,1-2H3;1-2H3. The van der Waals surface area contributed by atoms with Gasteiger partial charge in [0.15, 0.2) is 0 Å². The van der Waals surface area contributed by atoms with E-state index in [1.807, 2.05) is 13.8 Å². The summed E-state index contributed by atoms with van der Waals surface area (Å²) in [4.78, 5) is 4.31. The van der Waals surface area contributed by atoms with Crippen molar-refractivity contribution in [3.05, 3.63) is 0 Å². The van der Waals surface area contributed by atoms with Crippen molar-refractivity contribution < 1.29 is 0 Å². The minimum absolute atomic E-state index is 0.611. The van der Waals surface area contributed by atoms with Gasteiger partial charge < -0.3 is 0 Å². The van der Waals surface area contributed by atoms with Gasteiger partial charge in [0, 0.05) is 11.8 Å². The largest absolute Gasteiger partial charge is 0.291 e. The highest BCUT2D eigenvalue weighted by molar-refractivity contribution is 5.83. The molecule has 1 heterocycles. The summed E-state index contributed by atoms with van der Waals surface area (Å²) in [5.74, 6) is 0.